The van der Waals surface area contributed by atoms with Crippen LogP contribution in [0, 0.1) is 0 Å². The second-order valence-corrected chi connectivity index (χ2v) is 4.44. The Morgan fingerprint density at radius 1 is 1.39 bits per heavy atom. The maximum Gasteiger partial charge on any atom is 0.222 e. The van der Waals surface area contributed by atoms with Gasteiger partial charge in [0.25, 0.3) is 0 Å². The number of hydrogen-bond donors (Lipinski definition) is 1. The molecule has 0 aromatic carbocycles. The third-order valence-electron chi connectivity index (χ3n) is 3.09. The van der Waals surface area contributed by atoms with Crippen molar-refractivity contribution in [2.24, 2.45) is 0 Å². The van der Waals surface area contributed by atoms with Crippen LogP contribution in [0.1, 0.15) is 31.7 Å². The van der Waals surface area contributed by atoms with E-state index in [1.54, 1.807) is 6.33 Å². The van der Waals surface area contributed by atoms with Crippen molar-refractivity contribution in [2.45, 2.75) is 38.7 Å². The van der Waals surface area contributed by atoms with E-state index in [1.165, 1.54) is 0 Å². The molecule has 0 bridgehead atoms. The Kier molecular flexibility index (Phi) is 4.75. The number of anilines is 1. The van der Waals surface area contributed by atoms with Crippen LogP contribution < -0.4 is 10.1 Å². The molecule has 18 heavy (non-hydrogen) atoms. The number of rotatable bonds is 5. The van der Waals surface area contributed by atoms with Crippen molar-refractivity contribution >= 4 is 5.82 Å². The first-order chi connectivity index (χ1) is 8.85. The fourth-order valence-corrected chi connectivity index (χ4v) is 2.14. The lowest BCUT2D eigenvalue weighted by molar-refractivity contribution is 0.0233. The van der Waals surface area contributed by atoms with Gasteiger partial charge in [-0.15, -0.1) is 0 Å². The van der Waals surface area contributed by atoms with Gasteiger partial charge in [-0.1, -0.05) is 13.3 Å². The molecule has 0 amide bonds. The fourth-order valence-electron chi connectivity index (χ4n) is 2.14. The summed E-state index contributed by atoms with van der Waals surface area (Å²) >= 11 is 0. The van der Waals surface area contributed by atoms with E-state index >= 15 is 0 Å². The van der Waals surface area contributed by atoms with Crippen LogP contribution in [0.25, 0.3) is 0 Å². The summed E-state index contributed by atoms with van der Waals surface area (Å²) in [5, 5.41) is 3.10. The minimum Gasteiger partial charge on any atom is -0.474 e. The molecule has 5 nitrogen and oxygen atoms in total. The Morgan fingerprint density at radius 2 is 2.17 bits per heavy atom. The molecule has 5 heteroatoms. The van der Waals surface area contributed by atoms with Crippen molar-refractivity contribution in [3.63, 3.8) is 0 Å². The highest BCUT2D eigenvalue weighted by atomic mass is 16.5. The molecule has 0 spiro atoms. The topological polar surface area (TPSA) is 56.3 Å². The Bertz CT molecular complexity index is 378. The fraction of sp³-hybridized carbons (Fsp3) is 0.692. The van der Waals surface area contributed by atoms with E-state index < -0.39 is 0 Å². The van der Waals surface area contributed by atoms with Crippen molar-refractivity contribution in [1.82, 2.24) is 9.97 Å². The van der Waals surface area contributed by atoms with Crippen molar-refractivity contribution in [1.29, 1.82) is 0 Å². The van der Waals surface area contributed by atoms with Crippen molar-refractivity contribution in [3.8, 4) is 5.88 Å². The average Bonchev–Trinajstić information content (AvgIpc) is 2.42. The highest BCUT2D eigenvalue weighted by Crippen LogP contribution is 2.25. The van der Waals surface area contributed by atoms with Gasteiger partial charge in [0.05, 0.1) is 18.8 Å². The number of hydrogen-bond acceptors (Lipinski definition) is 5. The van der Waals surface area contributed by atoms with Crippen LogP contribution in [0.5, 0.6) is 5.88 Å². The van der Waals surface area contributed by atoms with Crippen LogP contribution in [0.3, 0.4) is 0 Å². The summed E-state index contributed by atoms with van der Waals surface area (Å²) in [7, 11) is 1.87. The minimum absolute atomic E-state index is 0.217. The van der Waals surface area contributed by atoms with Gasteiger partial charge in [-0.3, -0.25) is 0 Å². The number of nitrogens with one attached hydrogen (secondary N) is 1. The molecular formula is C13H21N3O2. The predicted octanol–water partition coefficient (Wildman–Crippen LogP) is 2.03. The van der Waals surface area contributed by atoms with Crippen LogP contribution in [0.4, 0.5) is 5.82 Å². The zero-order chi connectivity index (χ0) is 12.8. The van der Waals surface area contributed by atoms with Crippen LogP contribution in [0.2, 0.25) is 0 Å². The molecule has 2 heterocycles. The van der Waals surface area contributed by atoms with Crippen LogP contribution in [-0.2, 0) is 11.2 Å². The summed E-state index contributed by atoms with van der Waals surface area (Å²) in [6.07, 6.45) is 5.62. The monoisotopic (exact) mass is 251 g/mol. The van der Waals surface area contributed by atoms with Crippen molar-refractivity contribution in [2.75, 3.05) is 25.6 Å². The molecule has 0 aliphatic carbocycles. The molecule has 2 rings (SSSR count). The number of aromatic nitrogens is 2. The van der Waals surface area contributed by atoms with E-state index in [4.69, 9.17) is 9.47 Å². The predicted molar refractivity (Wildman–Crippen MR) is 70.0 cm³/mol. The molecule has 1 saturated heterocycles. The summed E-state index contributed by atoms with van der Waals surface area (Å²) in [4.78, 5) is 8.53. The van der Waals surface area contributed by atoms with Gasteiger partial charge in [0.15, 0.2) is 0 Å². The van der Waals surface area contributed by atoms with E-state index in [2.05, 4.69) is 22.2 Å². The molecule has 100 valence electrons. The van der Waals surface area contributed by atoms with Gasteiger partial charge in [0.2, 0.25) is 5.88 Å². The second kappa shape index (κ2) is 6.54. The molecule has 1 aliphatic rings. The number of nitrogens with zero attached hydrogens (tertiary/aromatic N) is 2. The maximum atomic E-state index is 6.01. The van der Waals surface area contributed by atoms with Crippen LogP contribution in [0.15, 0.2) is 6.33 Å². The Hall–Kier alpha value is -1.36. The molecule has 1 aromatic rings. The Labute approximate surface area is 108 Å². The summed E-state index contributed by atoms with van der Waals surface area (Å²) < 4.78 is 11.3. The average molecular weight is 251 g/mol. The van der Waals surface area contributed by atoms with Crippen LogP contribution >= 0.6 is 0 Å². The van der Waals surface area contributed by atoms with E-state index in [9.17, 15) is 0 Å². The van der Waals surface area contributed by atoms with Crippen molar-refractivity contribution in [3.05, 3.63) is 11.9 Å². The molecule has 1 fully saturated rings. The van der Waals surface area contributed by atoms with Gasteiger partial charge in [-0.05, 0) is 6.42 Å². The van der Waals surface area contributed by atoms with Gasteiger partial charge >= 0.3 is 0 Å². The summed E-state index contributed by atoms with van der Waals surface area (Å²) in [6, 6.07) is 0. The normalized spacial score (nSPS) is 16.6. The molecular weight excluding hydrogens is 230 g/mol. The van der Waals surface area contributed by atoms with Gasteiger partial charge in [0.1, 0.15) is 18.2 Å². The van der Waals surface area contributed by atoms with E-state index in [0.717, 1.165) is 56.2 Å². The Morgan fingerprint density at radius 3 is 2.83 bits per heavy atom. The Balaban J connectivity index is 2.14. The zero-order valence-electron chi connectivity index (χ0n) is 11.1. The molecule has 1 N–H and O–H groups in total. The second-order valence-electron chi connectivity index (χ2n) is 4.44. The van der Waals surface area contributed by atoms with Gasteiger partial charge < -0.3 is 14.8 Å². The van der Waals surface area contributed by atoms with Gasteiger partial charge in [0, 0.05) is 19.9 Å². The first-order valence-corrected chi connectivity index (χ1v) is 6.61. The third-order valence-corrected chi connectivity index (χ3v) is 3.09. The lowest BCUT2D eigenvalue weighted by atomic mass is 10.1. The maximum absolute atomic E-state index is 6.01. The first-order valence-electron chi connectivity index (χ1n) is 6.61. The minimum atomic E-state index is 0.217. The summed E-state index contributed by atoms with van der Waals surface area (Å²) in [5.41, 5.74) is 1.08. The standard InChI is InChI=1S/C13H21N3O2/c1-3-4-11-12(14-2)15-9-16-13(11)18-10-5-7-17-8-6-10/h9-10H,3-8H2,1-2H3,(H,14,15,16). The molecule has 0 saturated carbocycles. The molecule has 1 aliphatic heterocycles. The SMILES string of the molecule is CCCc1c(NC)ncnc1OC1CCOCC1. The molecule has 1 aromatic heterocycles. The summed E-state index contributed by atoms with van der Waals surface area (Å²) in [6.45, 7) is 3.69. The summed E-state index contributed by atoms with van der Waals surface area (Å²) in [5.74, 6) is 1.59. The highest BCUT2D eigenvalue weighted by Gasteiger charge is 2.19. The van der Waals surface area contributed by atoms with E-state index in [0.29, 0.717) is 0 Å². The highest BCUT2D eigenvalue weighted by molar-refractivity contribution is 5.48. The first kappa shape index (κ1) is 13.1. The smallest absolute Gasteiger partial charge is 0.222 e. The largest absolute Gasteiger partial charge is 0.474 e. The van der Waals surface area contributed by atoms with E-state index in [-0.39, 0.29) is 6.10 Å². The molecule has 0 atom stereocenters. The van der Waals surface area contributed by atoms with Gasteiger partial charge in [-0.2, -0.15) is 0 Å². The van der Waals surface area contributed by atoms with E-state index in [1.807, 2.05) is 7.05 Å². The number of ether oxygens (including phenoxy) is 2. The third kappa shape index (κ3) is 3.10. The van der Waals surface area contributed by atoms with Crippen LogP contribution in [-0.4, -0.2) is 36.3 Å². The lowest BCUT2D eigenvalue weighted by Gasteiger charge is -2.24. The van der Waals surface area contributed by atoms with Crippen molar-refractivity contribution < 1.29 is 9.47 Å². The molecule has 0 unspecified atom stereocenters. The lowest BCUT2D eigenvalue weighted by Crippen LogP contribution is -2.26. The zero-order valence-corrected chi connectivity index (χ0v) is 11.1. The molecule has 0 radical (unpaired) electrons. The quantitative estimate of drug-likeness (QED) is 0.867. The van der Waals surface area contributed by atoms with Gasteiger partial charge in [-0.25, -0.2) is 9.97 Å².